The molecule has 0 bridgehead atoms. The Bertz CT molecular complexity index is 1330. The lowest BCUT2D eigenvalue weighted by atomic mass is 9.71. The number of fused-ring (bicyclic) bond motifs is 1. The van der Waals surface area contributed by atoms with Crippen LogP contribution >= 0.6 is 11.6 Å². The lowest BCUT2D eigenvalue weighted by molar-refractivity contribution is 0.0515. The quantitative estimate of drug-likeness (QED) is 0.428. The lowest BCUT2D eigenvalue weighted by Gasteiger charge is -2.47. The molecule has 0 aliphatic carbocycles. The van der Waals surface area contributed by atoms with Gasteiger partial charge in [0, 0.05) is 62.1 Å². The van der Waals surface area contributed by atoms with Gasteiger partial charge in [0.25, 0.3) is 11.8 Å². The Morgan fingerprint density at radius 3 is 2.26 bits per heavy atom. The summed E-state index contributed by atoms with van der Waals surface area (Å²) in [5, 5.41) is 0.450. The number of benzene rings is 2. The van der Waals surface area contributed by atoms with Crippen molar-refractivity contribution in [1.29, 1.82) is 0 Å². The van der Waals surface area contributed by atoms with Crippen molar-refractivity contribution in [1.82, 2.24) is 9.88 Å². The van der Waals surface area contributed by atoms with Crippen LogP contribution in [0.25, 0.3) is 0 Å². The highest BCUT2D eigenvalue weighted by Gasteiger charge is 2.39. The number of hydrogen-bond donors (Lipinski definition) is 0. The molecule has 196 valence electrons. The summed E-state index contributed by atoms with van der Waals surface area (Å²) in [6.07, 6.45) is 9.93. The van der Waals surface area contributed by atoms with E-state index < -0.39 is 0 Å². The summed E-state index contributed by atoms with van der Waals surface area (Å²) in [7, 11) is 0. The Labute approximate surface area is 229 Å². The fraction of sp³-hybridized carbons (Fsp3) is 0.387. The molecule has 4 heterocycles. The lowest BCUT2D eigenvalue weighted by Crippen LogP contribution is -2.48. The smallest absolute Gasteiger partial charge is 0.259 e. The van der Waals surface area contributed by atoms with E-state index in [1.54, 1.807) is 17.0 Å². The van der Waals surface area contributed by atoms with Gasteiger partial charge in [-0.25, -0.2) is 0 Å². The molecule has 3 aliphatic heterocycles. The van der Waals surface area contributed by atoms with Gasteiger partial charge in [-0.2, -0.15) is 0 Å². The van der Waals surface area contributed by atoms with Crippen molar-refractivity contribution < 1.29 is 9.59 Å². The van der Waals surface area contributed by atoms with Gasteiger partial charge in [-0.1, -0.05) is 29.8 Å². The standard InChI is InChI=1S/C31H33ClN4O2/c32-27-6-2-1-5-26(27)30(38)36-17-3-4-23-7-8-24(22-28(23)36)29(37)35-20-13-31(14-21-35)11-18-34(19-12-31)25-9-15-33-16-10-25/h1-2,5-10,15-16,22H,3-4,11-14,17-21H2. The molecule has 1 aromatic heterocycles. The third kappa shape index (κ3) is 4.78. The van der Waals surface area contributed by atoms with Crippen molar-refractivity contribution in [2.75, 3.05) is 42.5 Å². The zero-order valence-corrected chi connectivity index (χ0v) is 22.4. The van der Waals surface area contributed by atoms with Crippen LogP contribution in [0.3, 0.4) is 0 Å². The number of rotatable bonds is 3. The van der Waals surface area contributed by atoms with Crippen LogP contribution in [0.1, 0.15) is 58.4 Å². The minimum absolute atomic E-state index is 0.0626. The van der Waals surface area contributed by atoms with Crippen LogP contribution in [0.15, 0.2) is 67.0 Å². The molecule has 0 radical (unpaired) electrons. The molecule has 0 atom stereocenters. The number of halogens is 1. The summed E-state index contributed by atoms with van der Waals surface area (Å²) >= 11 is 6.34. The van der Waals surface area contributed by atoms with E-state index in [0.29, 0.717) is 28.1 Å². The van der Waals surface area contributed by atoms with E-state index in [2.05, 4.69) is 22.0 Å². The molecule has 6 nitrogen and oxygen atoms in total. The number of nitrogens with zero attached hydrogens (tertiary/aromatic N) is 4. The molecule has 0 unspecified atom stereocenters. The second-order valence-corrected chi connectivity index (χ2v) is 11.3. The Balaban J connectivity index is 1.13. The van der Waals surface area contributed by atoms with E-state index in [4.69, 9.17) is 11.6 Å². The van der Waals surface area contributed by atoms with Crippen molar-refractivity contribution >= 4 is 34.8 Å². The highest BCUT2D eigenvalue weighted by Crippen LogP contribution is 2.42. The SMILES string of the molecule is O=C(c1ccc2c(c1)N(C(=O)c1ccccc1Cl)CCC2)N1CCC2(CC1)CCN(c1ccncc1)CC2. The predicted octanol–water partition coefficient (Wildman–Crippen LogP) is 5.85. The molecule has 6 rings (SSSR count). The third-order valence-corrected chi connectivity index (χ3v) is 9.09. The second-order valence-electron chi connectivity index (χ2n) is 10.9. The molecule has 2 amide bonds. The summed E-state index contributed by atoms with van der Waals surface area (Å²) < 4.78 is 0. The Kier molecular flexibility index (Phi) is 6.83. The average molecular weight is 529 g/mol. The van der Waals surface area contributed by atoms with E-state index in [9.17, 15) is 9.59 Å². The van der Waals surface area contributed by atoms with Gasteiger partial charge in [0.15, 0.2) is 0 Å². The fourth-order valence-corrected chi connectivity index (χ4v) is 6.58. The molecule has 1 spiro atoms. The van der Waals surface area contributed by atoms with Crippen molar-refractivity contribution in [2.24, 2.45) is 5.41 Å². The molecule has 0 N–H and O–H groups in total. The van der Waals surface area contributed by atoms with Crippen molar-refractivity contribution in [3.05, 3.63) is 88.7 Å². The van der Waals surface area contributed by atoms with Crippen LogP contribution in [0.4, 0.5) is 11.4 Å². The monoisotopic (exact) mass is 528 g/mol. The van der Waals surface area contributed by atoms with Gasteiger partial charge in [-0.15, -0.1) is 0 Å². The van der Waals surface area contributed by atoms with Gasteiger partial charge < -0.3 is 14.7 Å². The molecule has 2 fully saturated rings. The largest absolute Gasteiger partial charge is 0.371 e. The number of carbonyl (C=O) groups is 2. The molecule has 3 aromatic rings. The highest BCUT2D eigenvalue weighted by molar-refractivity contribution is 6.34. The highest BCUT2D eigenvalue weighted by atomic mass is 35.5. The van der Waals surface area contributed by atoms with Gasteiger partial charge in [0.1, 0.15) is 0 Å². The number of likely N-dealkylation sites (tertiary alicyclic amines) is 1. The van der Waals surface area contributed by atoms with Gasteiger partial charge in [0.2, 0.25) is 0 Å². The number of aromatic nitrogens is 1. The fourth-order valence-electron chi connectivity index (χ4n) is 6.36. The van der Waals surface area contributed by atoms with Crippen LogP contribution in [0.5, 0.6) is 0 Å². The number of pyridine rings is 1. The van der Waals surface area contributed by atoms with Crippen molar-refractivity contribution in [3.8, 4) is 0 Å². The van der Waals surface area contributed by atoms with Crippen LogP contribution < -0.4 is 9.80 Å². The van der Waals surface area contributed by atoms with E-state index >= 15 is 0 Å². The van der Waals surface area contributed by atoms with Gasteiger partial charge in [-0.3, -0.25) is 14.6 Å². The maximum atomic E-state index is 13.6. The summed E-state index contributed by atoms with van der Waals surface area (Å²) in [6, 6.07) is 17.2. The molecule has 2 saturated heterocycles. The Morgan fingerprint density at radius 2 is 1.53 bits per heavy atom. The van der Waals surface area contributed by atoms with Crippen LogP contribution in [0, 0.1) is 5.41 Å². The maximum absolute atomic E-state index is 13.6. The normalized spacial score (nSPS) is 18.8. The molecule has 2 aromatic carbocycles. The van der Waals surface area contributed by atoms with Crippen LogP contribution in [0.2, 0.25) is 5.02 Å². The summed E-state index contributed by atoms with van der Waals surface area (Å²) in [5.74, 6) is -0.0493. The molecule has 0 saturated carbocycles. The maximum Gasteiger partial charge on any atom is 0.259 e. The molecular weight excluding hydrogens is 496 g/mol. The van der Waals surface area contributed by atoms with E-state index in [1.807, 2.05) is 47.6 Å². The zero-order chi connectivity index (χ0) is 26.1. The number of anilines is 2. The topological polar surface area (TPSA) is 56.8 Å². The molecule has 3 aliphatic rings. The molecule has 38 heavy (non-hydrogen) atoms. The van der Waals surface area contributed by atoms with E-state index in [0.717, 1.165) is 76.0 Å². The van der Waals surface area contributed by atoms with Crippen LogP contribution in [-0.2, 0) is 6.42 Å². The Morgan fingerprint density at radius 1 is 0.816 bits per heavy atom. The minimum atomic E-state index is -0.112. The summed E-state index contributed by atoms with van der Waals surface area (Å²) in [4.78, 5) is 37.4. The second kappa shape index (κ2) is 10.4. The summed E-state index contributed by atoms with van der Waals surface area (Å²) in [6.45, 7) is 4.30. The molecular formula is C31H33ClN4O2. The number of piperidine rings is 2. The third-order valence-electron chi connectivity index (χ3n) is 8.76. The first-order chi connectivity index (χ1) is 18.5. The van der Waals surface area contributed by atoms with Crippen molar-refractivity contribution in [3.63, 3.8) is 0 Å². The first-order valence-corrected chi connectivity index (χ1v) is 14.0. The first-order valence-electron chi connectivity index (χ1n) is 13.7. The summed E-state index contributed by atoms with van der Waals surface area (Å²) in [5.41, 5.74) is 4.67. The number of amides is 2. The van der Waals surface area contributed by atoms with E-state index in [-0.39, 0.29) is 11.8 Å². The zero-order valence-electron chi connectivity index (χ0n) is 21.6. The molecule has 7 heteroatoms. The predicted molar refractivity (Wildman–Crippen MR) is 151 cm³/mol. The average Bonchev–Trinajstić information content (AvgIpc) is 2.97. The van der Waals surface area contributed by atoms with E-state index in [1.165, 1.54) is 5.69 Å². The number of aryl methyl sites for hydroxylation is 1. The van der Waals surface area contributed by atoms with Gasteiger partial charge in [0.05, 0.1) is 10.6 Å². The number of carbonyl (C=O) groups excluding carboxylic acids is 2. The van der Waals surface area contributed by atoms with Crippen LogP contribution in [-0.4, -0.2) is 54.4 Å². The Hall–Kier alpha value is -3.38. The number of hydrogen-bond acceptors (Lipinski definition) is 4. The first kappa shape index (κ1) is 24.9. The van der Waals surface area contributed by atoms with Crippen molar-refractivity contribution in [2.45, 2.75) is 38.5 Å². The van der Waals surface area contributed by atoms with Gasteiger partial charge in [-0.05, 0) is 85.9 Å². The van der Waals surface area contributed by atoms with Gasteiger partial charge >= 0.3 is 0 Å². The minimum Gasteiger partial charge on any atom is -0.371 e.